The molecule has 1 aromatic carbocycles. The molecule has 82 valence electrons. The molecule has 15 heavy (non-hydrogen) atoms. The van der Waals surface area contributed by atoms with Crippen LogP contribution in [-0.4, -0.2) is 24.3 Å². The number of nitrogens with two attached hydrogens (primary N) is 1. The molecule has 1 rings (SSSR count). The number of carboxylic acid groups (broad SMARTS) is 1. The highest BCUT2D eigenvalue weighted by molar-refractivity contribution is 5.82. The summed E-state index contributed by atoms with van der Waals surface area (Å²) in [4.78, 5) is 11.0. The van der Waals surface area contributed by atoms with Gasteiger partial charge in [0.15, 0.2) is 0 Å². The van der Waals surface area contributed by atoms with Crippen LogP contribution in [0, 0.1) is 5.82 Å². The highest BCUT2D eigenvalue weighted by Gasteiger charge is 2.39. The van der Waals surface area contributed by atoms with Gasteiger partial charge in [-0.1, -0.05) is 12.1 Å². The van der Waals surface area contributed by atoms with Gasteiger partial charge in [0, 0.05) is 6.54 Å². The van der Waals surface area contributed by atoms with Gasteiger partial charge in [0.25, 0.3) is 0 Å². The lowest BCUT2D eigenvalue weighted by atomic mass is 9.82. The zero-order valence-corrected chi connectivity index (χ0v) is 7.91. The second-order valence-electron chi connectivity index (χ2n) is 3.23. The molecule has 5 heteroatoms. The molecule has 0 amide bonds. The van der Waals surface area contributed by atoms with Crippen LogP contribution in [0.1, 0.15) is 5.56 Å². The highest BCUT2D eigenvalue weighted by atomic mass is 19.1. The fourth-order valence-corrected chi connectivity index (χ4v) is 1.29. The monoisotopic (exact) mass is 215 g/mol. The molecule has 0 heterocycles. The third-order valence-corrected chi connectivity index (χ3v) is 2.38. The van der Waals surface area contributed by atoms with Crippen molar-refractivity contribution in [1.29, 1.82) is 0 Å². The molecule has 3 N–H and O–H groups in total. The van der Waals surface area contributed by atoms with Crippen LogP contribution in [0.2, 0.25) is 0 Å². The van der Waals surface area contributed by atoms with Crippen molar-refractivity contribution in [2.24, 2.45) is 5.73 Å². The lowest BCUT2D eigenvalue weighted by Crippen LogP contribution is -2.45. The average Bonchev–Trinajstić information content (AvgIpc) is 2.22. The molecule has 0 spiro atoms. The largest absolute Gasteiger partial charge is 0.480 e. The maximum atomic E-state index is 12.8. The fourth-order valence-electron chi connectivity index (χ4n) is 1.29. The second-order valence-corrected chi connectivity index (χ2v) is 3.23. The van der Waals surface area contributed by atoms with Crippen molar-refractivity contribution in [3.63, 3.8) is 0 Å². The predicted octanol–water partition coefficient (Wildman–Crippen LogP) is 1.08. The molecule has 1 aromatic rings. The molecule has 0 aromatic heterocycles. The van der Waals surface area contributed by atoms with Gasteiger partial charge in [0.2, 0.25) is 0 Å². The Labute approximate surface area is 85.5 Å². The second kappa shape index (κ2) is 4.35. The van der Waals surface area contributed by atoms with E-state index in [9.17, 15) is 13.6 Å². The van der Waals surface area contributed by atoms with Crippen molar-refractivity contribution in [1.82, 2.24) is 0 Å². The molecular weight excluding hydrogens is 204 g/mol. The lowest BCUT2D eigenvalue weighted by molar-refractivity contribution is -0.144. The Morgan fingerprint density at radius 1 is 1.40 bits per heavy atom. The van der Waals surface area contributed by atoms with E-state index in [2.05, 4.69) is 0 Å². The third kappa shape index (κ3) is 1.97. The zero-order chi connectivity index (χ0) is 11.5. The van der Waals surface area contributed by atoms with Crippen molar-refractivity contribution in [3.05, 3.63) is 35.6 Å². The Morgan fingerprint density at radius 2 is 1.93 bits per heavy atom. The van der Waals surface area contributed by atoms with Gasteiger partial charge in [-0.25, -0.2) is 8.78 Å². The van der Waals surface area contributed by atoms with E-state index in [1.165, 1.54) is 12.1 Å². The Balaban J connectivity index is 3.20. The molecule has 0 fully saturated rings. The fraction of sp³-hybridized carbons (Fsp3) is 0.300. The minimum absolute atomic E-state index is 0.168. The van der Waals surface area contributed by atoms with Crippen LogP contribution in [0.4, 0.5) is 8.78 Å². The Bertz CT molecular complexity index is 347. The first-order valence-electron chi connectivity index (χ1n) is 4.32. The van der Waals surface area contributed by atoms with Crippen LogP contribution < -0.4 is 5.73 Å². The number of hydrogen-bond donors (Lipinski definition) is 2. The molecule has 0 aliphatic heterocycles. The smallest absolute Gasteiger partial charge is 0.318 e. The minimum atomic E-state index is -1.77. The average molecular weight is 215 g/mol. The van der Waals surface area contributed by atoms with Crippen LogP contribution in [-0.2, 0) is 10.2 Å². The lowest BCUT2D eigenvalue weighted by Gasteiger charge is -2.24. The summed E-state index contributed by atoms with van der Waals surface area (Å²) >= 11 is 0. The van der Waals surface area contributed by atoms with Gasteiger partial charge in [0.1, 0.15) is 17.9 Å². The number of aliphatic carboxylic acids is 1. The van der Waals surface area contributed by atoms with Gasteiger partial charge >= 0.3 is 5.97 Å². The van der Waals surface area contributed by atoms with E-state index in [1.54, 1.807) is 0 Å². The first kappa shape index (κ1) is 11.6. The van der Waals surface area contributed by atoms with Crippen molar-refractivity contribution >= 4 is 5.97 Å². The zero-order valence-electron chi connectivity index (χ0n) is 7.91. The molecule has 1 unspecified atom stereocenters. The van der Waals surface area contributed by atoms with E-state index in [0.717, 1.165) is 12.1 Å². The van der Waals surface area contributed by atoms with Crippen LogP contribution in [0.15, 0.2) is 24.3 Å². The molecule has 0 radical (unpaired) electrons. The summed E-state index contributed by atoms with van der Waals surface area (Å²) in [7, 11) is 0. The molecule has 0 aliphatic carbocycles. The highest BCUT2D eigenvalue weighted by Crippen LogP contribution is 2.24. The van der Waals surface area contributed by atoms with Crippen LogP contribution >= 0.6 is 0 Å². The first-order chi connectivity index (χ1) is 7.06. The van der Waals surface area contributed by atoms with Gasteiger partial charge in [-0.3, -0.25) is 4.79 Å². The van der Waals surface area contributed by atoms with Crippen molar-refractivity contribution < 1.29 is 18.7 Å². The quantitative estimate of drug-likeness (QED) is 0.789. The third-order valence-electron chi connectivity index (χ3n) is 2.38. The maximum Gasteiger partial charge on any atom is 0.318 e. The summed E-state index contributed by atoms with van der Waals surface area (Å²) in [5.41, 5.74) is 3.67. The van der Waals surface area contributed by atoms with E-state index in [1.807, 2.05) is 0 Å². The van der Waals surface area contributed by atoms with Crippen LogP contribution in [0.5, 0.6) is 0 Å². The summed E-state index contributed by atoms with van der Waals surface area (Å²) in [6.07, 6.45) is 0. The number of alkyl halides is 1. The molecule has 0 aliphatic rings. The number of carboxylic acids is 1. The van der Waals surface area contributed by atoms with E-state index >= 15 is 0 Å². The number of hydrogen-bond acceptors (Lipinski definition) is 2. The van der Waals surface area contributed by atoms with Gasteiger partial charge in [-0.15, -0.1) is 0 Å². The van der Waals surface area contributed by atoms with Crippen molar-refractivity contribution in [3.8, 4) is 0 Å². The topological polar surface area (TPSA) is 63.3 Å². The van der Waals surface area contributed by atoms with Gasteiger partial charge in [-0.05, 0) is 17.7 Å². The Kier molecular flexibility index (Phi) is 3.36. The molecule has 0 bridgehead atoms. The van der Waals surface area contributed by atoms with Crippen molar-refractivity contribution in [2.75, 3.05) is 13.2 Å². The summed E-state index contributed by atoms with van der Waals surface area (Å²) in [6, 6.07) is 4.63. The summed E-state index contributed by atoms with van der Waals surface area (Å²) < 4.78 is 25.4. The van der Waals surface area contributed by atoms with E-state index < -0.39 is 23.9 Å². The SMILES string of the molecule is NCC(CF)(C(=O)O)c1ccc(F)cc1. The number of halogens is 2. The predicted molar refractivity (Wildman–Crippen MR) is 50.7 cm³/mol. The van der Waals surface area contributed by atoms with E-state index in [0.29, 0.717) is 0 Å². The van der Waals surface area contributed by atoms with Crippen molar-refractivity contribution in [2.45, 2.75) is 5.41 Å². The normalized spacial score (nSPS) is 14.6. The number of rotatable bonds is 4. The summed E-state index contributed by atoms with van der Waals surface area (Å²) in [6.45, 7) is -1.49. The minimum Gasteiger partial charge on any atom is -0.480 e. The van der Waals surface area contributed by atoms with E-state index in [-0.39, 0.29) is 12.1 Å². The van der Waals surface area contributed by atoms with Gasteiger partial charge in [0.05, 0.1) is 0 Å². The number of benzene rings is 1. The molecule has 3 nitrogen and oxygen atoms in total. The summed E-state index contributed by atoms with van der Waals surface area (Å²) in [5, 5.41) is 8.93. The van der Waals surface area contributed by atoms with Crippen LogP contribution in [0.3, 0.4) is 0 Å². The maximum absolute atomic E-state index is 12.8. The Morgan fingerprint density at radius 3 is 2.27 bits per heavy atom. The molecule has 0 saturated carbocycles. The summed E-state index contributed by atoms with van der Waals surface area (Å²) in [5.74, 6) is -1.85. The van der Waals surface area contributed by atoms with Crippen LogP contribution in [0.25, 0.3) is 0 Å². The van der Waals surface area contributed by atoms with Gasteiger partial charge < -0.3 is 10.8 Å². The Hall–Kier alpha value is -1.49. The molecular formula is C10H11F2NO2. The standard InChI is InChI=1S/C10H11F2NO2/c11-5-10(6-13,9(14)15)7-1-3-8(12)4-2-7/h1-4H,5-6,13H2,(H,14,15). The number of carbonyl (C=O) groups is 1. The molecule has 0 saturated heterocycles. The first-order valence-corrected chi connectivity index (χ1v) is 4.32. The van der Waals surface area contributed by atoms with E-state index in [4.69, 9.17) is 10.8 Å². The molecule has 1 atom stereocenters. The van der Waals surface area contributed by atoms with Gasteiger partial charge in [-0.2, -0.15) is 0 Å².